The van der Waals surface area contributed by atoms with Crippen molar-refractivity contribution in [2.75, 3.05) is 0 Å². The van der Waals surface area contributed by atoms with E-state index in [9.17, 15) is 0 Å². The van der Waals surface area contributed by atoms with Gasteiger partial charge in [-0.3, -0.25) is 0 Å². The predicted octanol–water partition coefficient (Wildman–Crippen LogP) is 11.9. The molecule has 7 rings (SSSR count). The average Bonchev–Trinajstić information content (AvgIpc) is 3.66. The molecule has 0 saturated carbocycles. The van der Waals surface area contributed by atoms with Crippen LogP contribution in [0.4, 0.5) is 0 Å². The third-order valence-corrected chi connectivity index (χ3v) is 15.1. The first-order valence-electron chi connectivity index (χ1n) is 12.2. The van der Waals surface area contributed by atoms with Crippen LogP contribution in [0, 0.1) is 20.8 Å². The van der Waals surface area contributed by atoms with Crippen molar-refractivity contribution >= 4 is 69.7 Å². The van der Waals surface area contributed by atoms with Gasteiger partial charge < -0.3 is 0 Å². The summed E-state index contributed by atoms with van der Waals surface area (Å²) >= 11 is 11.9. The van der Waals surface area contributed by atoms with Crippen molar-refractivity contribution in [2.45, 2.75) is 49.5 Å². The second-order valence-electron chi connectivity index (χ2n) is 9.45. The minimum absolute atomic E-state index is 0.380. The zero-order valence-electron chi connectivity index (χ0n) is 20.6. The van der Waals surface area contributed by atoms with E-state index in [1.54, 1.807) is 0 Å². The summed E-state index contributed by atoms with van der Waals surface area (Å²) in [7, 11) is 0. The molecule has 0 saturated heterocycles. The molecule has 6 heteroatoms. The SMILES string of the molecule is Cc1cc(C)cc(-c2csc(C3Sc4ccccc4S3)c2-c2c(C)csc2C2Sc3ccccc3S2)c1. The first-order chi connectivity index (χ1) is 18.0. The summed E-state index contributed by atoms with van der Waals surface area (Å²) in [5, 5.41) is 4.80. The maximum atomic E-state index is 2.42. The number of benzene rings is 3. The molecule has 2 aliphatic rings. The summed E-state index contributed by atoms with van der Waals surface area (Å²) in [5.41, 5.74) is 9.69. The van der Waals surface area contributed by atoms with E-state index in [1.807, 2.05) is 69.7 Å². The summed E-state index contributed by atoms with van der Waals surface area (Å²) in [6.07, 6.45) is 0. The molecule has 4 heterocycles. The molecule has 2 aliphatic heterocycles. The van der Waals surface area contributed by atoms with E-state index < -0.39 is 0 Å². The average molecular weight is 589 g/mol. The molecule has 0 N–H and O–H groups in total. The Balaban J connectivity index is 1.39. The molecule has 0 aliphatic carbocycles. The third-order valence-electron chi connectivity index (χ3n) is 6.67. The van der Waals surface area contributed by atoms with E-state index in [0.29, 0.717) is 9.16 Å². The first kappa shape index (κ1) is 24.5. The topological polar surface area (TPSA) is 0 Å². The fourth-order valence-corrected chi connectivity index (χ4v) is 13.6. The highest BCUT2D eigenvalue weighted by molar-refractivity contribution is 8.19. The maximum absolute atomic E-state index is 2.42. The van der Waals surface area contributed by atoms with Gasteiger partial charge in [0.2, 0.25) is 0 Å². The van der Waals surface area contributed by atoms with Crippen LogP contribution in [-0.2, 0) is 0 Å². The van der Waals surface area contributed by atoms with Crippen LogP contribution >= 0.6 is 69.7 Å². The molecule has 2 aromatic heterocycles. The van der Waals surface area contributed by atoms with Gasteiger partial charge in [-0.15, -0.1) is 69.7 Å². The highest BCUT2D eigenvalue weighted by Gasteiger charge is 2.34. The normalized spacial score (nSPS) is 15.3. The van der Waals surface area contributed by atoms with Crippen molar-refractivity contribution in [1.29, 1.82) is 0 Å². The molecule has 0 unspecified atom stereocenters. The lowest BCUT2D eigenvalue weighted by Crippen LogP contribution is -1.93. The van der Waals surface area contributed by atoms with Crippen LogP contribution in [0.1, 0.15) is 35.6 Å². The molecule has 3 aromatic carbocycles. The Labute approximate surface area is 243 Å². The second kappa shape index (κ2) is 9.89. The highest BCUT2D eigenvalue weighted by atomic mass is 32.2. The Bertz CT molecular complexity index is 1570. The van der Waals surface area contributed by atoms with Crippen LogP contribution < -0.4 is 0 Å². The van der Waals surface area contributed by atoms with E-state index >= 15 is 0 Å². The number of thioether (sulfide) groups is 4. The Morgan fingerprint density at radius 1 is 0.541 bits per heavy atom. The minimum Gasteiger partial charge on any atom is -0.146 e. The summed E-state index contributed by atoms with van der Waals surface area (Å²) in [4.78, 5) is 8.63. The van der Waals surface area contributed by atoms with Gasteiger partial charge in [-0.05, 0) is 66.9 Å². The monoisotopic (exact) mass is 588 g/mol. The summed E-state index contributed by atoms with van der Waals surface area (Å²) < 4.78 is 0.775. The van der Waals surface area contributed by atoms with Crippen molar-refractivity contribution in [2.24, 2.45) is 0 Å². The van der Waals surface area contributed by atoms with Crippen molar-refractivity contribution in [3.63, 3.8) is 0 Å². The molecule has 0 nitrogen and oxygen atoms in total. The number of aryl methyl sites for hydroxylation is 3. The van der Waals surface area contributed by atoms with Crippen LogP contribution in [0.2, 0.25) is 0 Å². The van der Waals surface area contributed by atoms with E-state index in [-0.39, 0.29) is 0 Å². The first-order valence-corrected chi connectivity index (χ1v) is 17.5. The maximum Gasteiger partial charge on any atom is 0.0944 e. The van der Waals surface area contributed by atoms with Crippen molar-refractivity contribution in [1.82, 2.24) is 0 Å². The number of hydrogen-bond acceptors (Lipinski definition) is 6. The molecular formula is C31H24S6. The van der Waals surface area contributed by atoms with Gasteiger partial charge in [-0.2, -0.15) is 0 Å². The fraction of sp³-hybridized carbons (Fsp3) is 0.161. The van der Waals surface area contributed by atoms with Crippen LogP contribution in [-0.4, -0.2) is 0 Å². The lowest BCUT2D eigenvalue weighted by molar-refractivity contribution is 1.27. The molecule has 184 valence electrons. The van der Waals surface area contributed by atoms with Gasteiger partial charge in [-0.25, -0.2) is 0 Å². The number of hydrogen-bond donors (Lipinski definition) is 0. The molecular weight excluding hydrogens is 565 g/mol. The Kier molecular flexibility index (Phi) is 6.55. The molecule has 0 fully saturated rings. The van der Waals surface area contributed by atoms with Gasteiger partial charge in [0.1, 0.15) is 0 Å². The molecule has 37 heavy (non-hydrogen) atoms. The zero-order valence-corrected chi connectivity index (χ0v) is 25.5. The lowest BCUT2D eigenvalue weighted by Gasteiger charge is -2.17. The third kappa shape index (κ3) is 4.44. The Hall–Kier alpha value is -1.54. The van der Waals surface area contributed by atoms with Crippen LogP contribution in [0.25, 0.3) is 22.3 Å². The quantitative estimate of drug-likeness (QED) is 0.205. The standard InChI is InChI=1S/C31H24S6/c1-17-12-18(2)14-20(13-17)21-16-33-29(31-36-24-10-6-7-11-25(24)37-31)27(21)26-19(3)15-32-28(26)30-34-22-8-4-5-9-23(22)35-30/h4-16,30-31H,1-3H3. The predicted molar refractivity (Wildman–Crippen MR) is 169 cm³/mol. The van der Waals surface area contributed by atoms with Crippen molar-refractivity contribution < 1.29 is 0 Å². The van der Waals surface area contributed by atoms with Gasteiger partial charge in [0.25, 0.3) is 0 Å². The van der Waals surface area contributed by atoms with Crippen molar-refractivity contribution in [3.05, 3.63) is 104 Å². The van der Waals surface area contributed by atoms with Gasteiger partial charge in [0.05, 0.1) is 9.16 Å². The van der Waals surface area contributed by atoms with Crippen LogP contribution in [0.3, 0.4) is 0 Å². The summed E-state index contributed by atoms with van der Waals surface area (Å²) in [6.45, 7) is 6.74. The number of rotatable bonds is 4. The molecule has 0 amide bonds. The van der Waals surface area contributed by atoms with E-state index in [0.717, 1.165) is 0 Å². The smallest absolute Gasteiger partial charge is 0.0944 e. The summed E-state index contributed by atoms with van der Waals surface area (Å²) in [5.74, 6) is 0. The molecule has 5 aromatic rings. The fourth-order valence-electron chi connectivity index (χ4n) is 5.12. The Morgan fingerprint density at radius 3 is 1.51 bits per heavy atom. The van der Waals surface area contributed by atoms with E-state index in [4.69, 9.17) is 0 Å². The number of fused-ring (bicyclic) bond motifs is 2. The minimum atomic E-state index is 0.380. The Morgan fingerprint density at radius 2 is 1.00 bits per heavy atom. The number of thiophene rings is 2. The van der Waals surface area contributed by atoms with Gasteiger partial charge in [0, 0.05) is 46.0 Å². The molecule has 0 atom stereocenters. The lowest BCUT2D eigenvalue weighted by atomic mass is 9.93. The van der Waals surface area contributed by atoms with E-state index in [2.05, 4.69) is 98.3 Å². The van der Waals surface area contributed by atoms with Gasteiger partial charge in [0.15, 0.2) is 0 Å². The molecule has 0 spiro atoms. The van der Waals surface area contributed by atoms with Crippen LogP contribution in [0.15, 0.2) is 97.1 Å². The summed E-state index contributed by atoms with van der Waals surface area (Å²) in [6, 6.07) is 24.8. The second-order valence-corrected chi connectivity index (χ2v) is 16.5. The van der Waals surface area contributed by atoms with E-state index in [1.165, 1.54) is 68.3 Å². The highest BCUT2D eigenvalue weighted by Crippen LogP contribution is 2.64. The zero-order chi connectivity index (χ0) is 25.1. The molecule has 0 bridgehead atoms. The van der Waals surface area contributed by atoms with Crippen molar-refractivity contribution in [3.8, 4) is 22.3 Å². The van der Waals surface area contributed by atoms with Crippen LogP contribution in [0.5, 0.6) is 0 Å². The largest absolute Gasteiger partial charge is 0.146 e. The van der Waals surface area contributed by atoms with Gasteiger partial charge in [-0.1, -0.05) is 53.6 Å². The molecule has 0 radical (unpaired) electrons. The van der Waals surface area contributed by atoms with Gasteiger partial charge >= 0.3 is 0 Å².